The van der Waals surface area contributed by atoms with Gasteiger partial charge in [-0.2, -0.15) is 0 Å². The van der Waals surface area contributed by atoms with Gasteiger partial charge >= 0.3 is 5.97 Å². The number of allylic oxidation sites excluding steroid dienone is 3. The molecule has 2 aliphatic carbocycles. The van der Waals surface area contributed by atoms with Crippen LogP contribution in [0.3, 0.4) is 0 Å². The predicted octanol–water partition coefficient (Wildman–Crippen LogP) is 5.45. The SMILES string of the molecule is Cl.O=C(CNC[C@H](OC(=O)C(c1ccc(F)cc1F)N1CCCCC1)C1CCCC1)C1=CCCC=C1. The van der Waals surface area contributed by atoms with Crippen LogP contribution in [0.4, 0.5) is 8.78 Å². The number of rotatable bonds is 10. The zero-order valence-corrected chi connectivity index (χ0v) is 21.5. The second-order valence-electron chi connectivity index (χ2n) is 9.88. The Balaban J connectivity index is 0.00000361. The van der Waals surface area contributed by atoms with Crippen LogP contribution in [0.1, 0.15) is 69.4 Å². The summed E-state index contributed by atoms with van der Waals surface area (Å²) in [6, 6.07) is 2.48. The first-order chi connectivity index (χ1) is 17.0. The van der Waals surface area contributed by atoms with E-state index in [0.29, 0.717) is 19.6 Å². The molecule has 1 aromatic carbocycles. The number of carbonyl (C=O) groups excluding carboxylic acids is 2. The highest BCUT2D eigenvalue weighted by Crippen LogP contribution is 2.33. The van der Waals surface area contributed by atoms with Gasteiger partial charge in [0.25, 0.3) is 0 Å². The summed E-state index contributed by atoms with van der Waals surface area (Å²) < 4.78 is 34.5. The molecule has 2 atom stereocenters. The van der Waals surface area contributed by atoms with Crippen LogP contribution in [0, 0.1) is 17.6 Å². The third kappa shape index (κ3) is 7.46. The van der Waals surface area contributed by atoms with Crippen molar-refractivity contribution in [1.29, 1.82) is 0 Å². The second-order valence-corrected chi connectivity index (χ2v) is 9.88. The van der Waals surface area contributed by atoms with Crippen LogP contribution in [0.15, 0.2) is 42.0 Å². The van der Waals surface area contributed by atoms with Crippen LogP contribution < -0.4 is 5.32 Å². The fraction of sp³-hybridized carbons (Fsp3) is 0.571. The Morgan fingerprint density at radius 2 is 1.81 bits per heavy atom. The number of nitrogens with one attached hydrogen (secondary N) is 1. The number of hydrogen-bond donors (Lipinski definition) is 1. The number of benzene rings is 1. The molecule has 1 N–H and O–H groups in total. The van der Waals surface area contributed by atoms with Gasteiger partial charge in [0.05, 0.1) is 6.54 Å². The van der Waals surface area contributed by atoms with Crippen molar-refractivity contribution in [3.05, 3.63) is 59.2 Å². The maximum atomic E-state index is 14.8. The molecule has 4 rings (SSSR count). The summed E-state index contributed by atoms with van der Waals surface area (Å²) in [7, 11) is 0. The van der Waals surface area contributed by atoms with E-state index in [9.17, 15) is 18.4 Å². The van der Waals surface area contributed by atoms with Gasteiger partial charge in [0.15, 0.2) is 5.78 Å². The average Bonchev–Trinajstić information content (AvgIpc) is 3.41. The molecule has 0 amide bonds. The third-order valence-electron chi connectivity index (χ3n) is 7.38. The molecular formula is C28H37ClF2N2O3. The van der Waals surface area contributed by atoms with Gasteiger partial charge in [-0.15, -0.1) is 12.4 Å². The number of Topliss-reactive ketones (excluding diaryl/α,β-unsaturated/α-hetero) is 1. The van der Waals surface area contributed by atoms with E-state index in [2.05, 4.69) is 5.32 Å². The highest BCUT2D eigenvalue weighted by Gasteiger charge is 2.36. The Hall–Kier alpha value is -2.09. The van der Waals surface area contributed by atoms with E-state index in [4.69, 9.17) is 4.74 Å². The number of halogens is 3. The standard InChI is InChI=1S/C28H36F2N2O3.ClH/c29-22-13-14-23(24(30)17-22)27(32-15-7-2-8-16-32)28(34)35-26(21-11-5-6-12-21)19-31-18-25(33)20-9-3-1-4-10-20;/h3,9-10,13-14,17,21,26-27,31H,1-2,4-8,11-12,15-16,18-19H2;1H/t26-,27?;/m0./s1. The topological polar surface area (TPSA) is 58.6 Å². The van der Waals surface area contributed by atoms with Crippen molar-refractivity contribution in [2.75, 3.05) is 26.2 Å². The lowest BCUT2D eigenvalue weighted by Crippen LogP contribution is -2.43. The fourth-order valence-corrected chi connectivity index (χ4v) is 5.47. The average molecular weight is 523 g/mol. The predicted molar refractivity (Wildman–Crippen MR) is 138 cm³/mol. The maximum absolute atomic E-state index is 14.8. The van der Waals surface area contributed by atoms with Crippen molar-refractivity contribution in [3.63, 3.8) is 0 Å². The summed E-state index contributed by atoms with van der Waals surface area (Å²) in [6.45, 7) is 1.89. The molecule has 0 spiro atoms. The highest BCUT2D eigenvalue weighted by atomic mass is 35.5. The number of carbonyl (C=O) groups is 2. The monoisotopic (exact) mass is 522 g/mol. The number of nitrogens with zero attached hydrogens (tertiary/aromatic N) is 1. The van der Waals surface area contributed by atoms with Gasteiger partial charge in [-0.25, -0.2) is 13.6 Å². The summed E-state index contributed by atoms with van der Waals surface area (Å²) in [4.78, 5) is 28.0. The minimum absolute atomic E-state index is 0. The van der Waals surface area contributed by atoms with E-state index < -0.39 is 29.7 Å². The van der Waals surface area contributed by atoms with Crippen molar-refractivity contribution < 1.29 is 23.1 Å². The highest BCUT2D eigenvalue weighted by molar-refractivity contribution is 5.99. The molecule has 0 radical (unpaired) electrons. The van der Waals surface area contributed by atoms with Crippen LogP contribution >= 0.6 is 12.4 Å². The molecule has 0 bridgehead atoms. The van der Waals surface area contributed by atoms with Gasteiger partial charge in [-0.05, 0) is 63.6 Å². The molecule has 1 aromatic rings. The van der Waals surface area contributed by atoms with E-state index in [1.807, 2.05) is 23.1 Å². The Bertz CT molecular complexity index is 956. The number of hydrogen-bond acceptors (Lipinski definition) is 5. The zero-order valence-electron chi connectivity index (χ0n) is 20.7. The molecule has 2 fully saturated rings. The second kappa shape index (κ2) is 14.0. The van der Waals surface area contributed by atoms with Crippen LogP contribution in [0.25, 0.3) is 0 Å². The van der Waals surface area contributed by atoms with Crippen molar-refractivity contribution in [1.82, 2.24) is 10.2 Å². The van der Waals surface area contributed by atoms with E-state index in [1.54, 1.807) is 0 Å². The van der Waals surface area contributed by atoms with Gasteiger partial charge in [0.2, 0.25) is 0 Å². The Kier molecular flexibility index (Phi) is 11.1. The number of esters is 1. The van der Waals surface area contributed by atoms with E-state index in [1.165, 1.54) is 12.1 Å². The Morgan fingerprint density at radius 1 is 1.06 bits per heavy atom. The van der Waals surface area contributed by atoms with E-state index in [-0.39, 0.29) is 36.2 Å². The summed E-state index contributed by atoms with van der Waals surface area (Å²) in [6.07, 6.45) is 14.2. The largest absolute Gasteiger partial charge is 0.459 e. The minimum Gasteiger partial charge on any atom is -0.459 e. The van der Waals surface area contributed by atoms with Gasteiger partial charge in [-0.1, -0.05) is 43.6 Å². The summed E-state index contributed by atoms with van der Waals surface area (Å²) >= 11 is 0. The molecule has 3 aliphatic rings. The third-order valence-corrected chi connectivity index (χ3v) is 7.38. The van der Waals surface area contributed by atoms with Crippen LogP contribution in [0.5, 0.6) is 0 Å². The lowest BCUT2D eigenvalue weighted by molar-refractivity contribution is -0.159. The first-order valence-corrected chi connectivity index (χ1v) is 13.0. The molecule has 8 heteroatoms. The van der Waals surface area contributed by atoms with Crippen molar-refractivity contribution in [2.24, 2.45) is 5.92 Å². The molecule has 1 saturated heterocycles. The Labute approximate surface area is 218 Å². The molecule has 1 saturated carbocycles. The normalized spacial score (nSPS) is 20.3. The van der Waals surface area contributed by atoms with Crippen molar-refractivity contribution in [3.8, 4) is 0 Å². The number of likely N-dealkylation sites (tertiary alicyclic amines) is 1. The van der Waals surface area contributed by atoms with Gasteiger partial charge in [-0.3, -0.25) is 9.69 Å². The number of ketones is 1. The summed E-state index contributed by atoms with van der Waals surface area (Å²) in [5, 5.41) is 3.20. The molecule has 1 heterocycles. The van der Waals surface area contributed by atoms with E-state index >= 15 is 0 Å². The van der Waals surface area contributed by atoms with Crippen molar-refractivity contribution >= 4 is 24.2 Å². The van der Waals surface area contributed by atoms with Crippen LogP contribution in [0.2, 0.25) is 0 Å². The molecular weight excluding hydrogens is 486 g/mol. The molecule has 1 unspecified atom stereocenters. The lowest BCUT2D eigenvalue weighted by atomic mass is 9.98. The first kappa shape index (κ1) is 28.5. The van der Waals surface area contributed by atoms with Crippen LogP contribution in [-0.2, 0) is 14.3 Å². The molecule has 0 aromatic heterocycles. The molecule has 198 valence electrons. The number of ether oxygens (including phenoxy) is 1. The first-order valence-electron chi connectivity index (χ1n) is 13.0. The smallest absolute Gasteiger partial charge is 0.328 e. The fourth-order valence-electron chi connectivity index (χ4n) is 5.47. The quantitative estimate of drug-likeness (QED) is 0.414. The lowest BCUT2D eigenvalue weighted by Gasteiger charge is -2.35. The zero-order chi connectivity index (χ0) is 24.6. The Morgan fingerprint density at radius 3 is 2.47 bits per heavy atom. The van der Waals surface area contributed by atoms with Gasteiger partial charge in [0, 0.05) is 23.7 Å². The molecule has 5 nitrogen and oxygen atoms in total. The van der Waals surface area contributed by atoms with Crippen molar-refractivity contribution in [2.45, 2.75) is 69.9 Å². The van der Waals surface area contributed by atoms with Gasteiger partial charge in [0.1, 0.15) is 23.8 Å². The van der Waals surface area contributed by atoms with Gasteiger partial charge < -0.3 is 10.1 Å². The minimum atomic E-state index is -0.904. The molecule has 36 heavy (non-hydrogen) atoms. The molecule has 1 aliphatic heterocycles. The number of piperidine rings is 1. The summed E-state index contributed by atoms with van der Waals surface area (Å²) in [5.74, 6) is -1.67. The van der Waals surface area contributed by atoms with Crippen LogP contribution in [-0.4, -0.2) is 48.9 Å². The van der Waals surface area contributed by atoms with E-state index in [0.717, 1.165) is 69.4 Å². The maximum Gasteiger partial charge on any atom is 0.328 e. The summed E-state index contributed by atoms with van der Waals surface area (Å²) in [5.41, 5.74) is 0.873.